The number of halogens is 2. The normalized spacial score (nSPS) is 15.7. The van der Waals surface area contributed by atoms with E-state index in [1.807, 2.05) is 24.9 Å². The van der Waals surface area contributed by atoms with Gasteiger partial charge in [0.25, 0.3) is 5.19 Å². The number of rotatable bonds is 6. The van der Waals surface area contributed by atoms with Crippen molar-refractivity contribution in [2.75, 3.05) is 13.6 Å². The number of aliphatic imine (C=N–C) groups is 1. The Bertz CT molecular complexity index is 773. The maximum Gasteiger partial charge on any atom is 0.298 e. The molecule has 0 spiro atoms. The highest BCUT2D eigenvalue weighted by Crippen LogP contribution is 2.51. The van der Waals surface area contributed by atoms with Gasteiger partial charge in [-0.05, 0) is 44.4 Å². The Morgan fingerprint density at radius 2 is 2.21 bits per heavy atom. The molecule has 1 saturated carbocycles. The second-order valence-corrected chi connectivity index (χ2v) is 7.68. The summed E-state index contributed by atoms with van der Waals surface area (Å²) in [5.41, 5.74) is 1.78. The Balaban J connectivity index is 1.78. The number of ether oxygens (including phenoxy) is 1. The van der Waals surface area contributed by atoms with Crippen molar-refractivity contribution < 1.29 is 4.74 Å². The van der Waals surface area contributed by atoms with Gasteiger partial charge in [0.2, 0.25) is 0 Å². The molecule has 0 bridgehead atoms. The third-order valence-corrected chi connectivity index (χ3v) is 5.27. The Morgan fingerprint density at radius 3 is 2.88 bits per heavy atom. The number of benzene rings is 1. The highest BCUT2D eigenvalue weighted by atomic mass is 35.5. The standard InChI is InChI=1S/C16H18Cl2N4OS/c1-4-22(3)9-19-12-8-11(17)13(7-10(12)2)23-15-20-14(21-24-15)16(18)5-6-16/h7-9H,4-6H2,1-3H3. The van der Waals surface area contributed by atoms with Gasteiger partial charge in [-0.1, -0.05) is 11.6 Å². The molecule has 0 unspecified atom stereocenters. The zero-order valence-electron chi connectivity index (χ0n) is 13.7. The van der Waals surface area contributed by atoms with E-state index in [1.54, 1.807) is 12.4 Å². The molecule has 1 heterocycles. The van der Waals surface area contributed by atoms with E-state index in [2.05, 4.69) is 21.3 Å². The van der Waals surface area contributed by atoms with Crippen molar-refractivity contribution >= 4 is 46.8 Å². The highest BCUT2D eigenvalue weighted by molar-refractivity contribution is 7.07. The summed E-state index contributed by atoms with van der Waals surface area (Å²) in [6.07, 6.45) is 3.60. The molecule has 8 heteroatoms. The summed E-state index contributed by atoms with van der Waals surface area (Å²) in [5.74, 6) is 1.18. The van der Waals surface area contributed by atoms with E-state index in [1.165, 1.54) is 11.5 Å². The molecule has 0 aliphatic heterocycles. The maximum absolute atomic E-state index is 6.33. The van der Waals surface area contributed by atoms with Crippen molar-refractivity contribution in [3.05, 3.63) is 28.5 Å². The van der Waals surface area contributed by atoms with Crippen LogP contribution in [0.5, 0.6) is 10.9 Å². The quantitative estimate of drug-likeness (QED) is 0.393. The van der Waals surface area contributed by atoms with Crippen LogP contribution in [0.4, 0.5) is 5.69 Å². The van der Waals surface area contributed by atoms with Crippen LogP contribution in [-0.4, -0.2) is 34.2 Å². The van der Waals surface area contributed by atoms with Crippen molar-refractivity contribution in [2.24, 2.45) is 4.99 Å². The maximum atomic E-state index is 6.33. The minimum absolute atomic E-state index is 0.387. The summed E-state index contributed by atoms with van der Waals surface area (Å²) in [6, 6.07) is 3.65. The number of nitrogens with zero attached hydrogens (tertiary/aromatic N) is 4. The molecule has 0 N–H and O–H groups in total. The highest BCUT2D eigenvalue weighted by Gasteiger charge is 2.46. The molecule has 2 aromatic rings. The van der Waals surface area contributed by atoms with Gasteiger partial charge in [-0.3, -0.25) is 0 Å². The molecule has 5 nitrogen and oxygen atoms in total. The summed E-state index contributed by atoms with van der Waals surface area (Å²) in [5, 5.41) is 0.927. The fourth-order valence-corrected chi connectivity index (χ4v) is 3.02. The van der Waals surface area contributed by atoms with Gasteiger partial charge in [0.1, 0.15) is 10.6 Å². The topological polar surface area (TPSA) is 50.6 Å². The third-order valence-electron chi connectivity index (χ3n) is 3.84. The Labute approximate surface area is 155 Å². The fourth-order valence-electron chi connectivity index (χ4n) is 1.96. The largest absolute Gasteiger partial charge is 0.428 e. The first kappa shape index (κ1) is 17.5. The van der Waals surface area contributed by atoms with Gasteiger partial charge in [-0.2, -0.15) is 9.36 Å². The Morgan fingerprint density at radius 1 is 1.46 bits per heavy atom. The predicted molar refractivity (Wildman–Crippen MR) is 99.4 cm³/mol. The predicted octanol–water partition coefficient (Wildman–Crippen LogP) is 5.13. The van der Waals surface area contributed by atoms with Crippen LogP contribution in [0.15, 0.2) is 17.1 Å². The minimum Gasteiger partial charge on any atom is -0.428 e. The van der Waals surface area contributed by atoms with Crippen LogP contribution in [0.2, 0.25) is 5.02 Å². The van der Waals surface area contributed by atoms with Crippen LogP contribution in [0, 0.1) is 6.92 Å². The van der Waals surface area contributed by atoms with Gasteiger partial charge in [0, 0.05) is 25.1 Å². The molecule has 1 aromatic heterocycles. The third kappa shape index (κ3) is 3.82. The van der Waals surface area contributed by atoms with Gasteiger partial charge >= 0.3 is 0 Å². The van der Waals surface area contributed by atoms with E-state index in [-0.39, 0.29) is 4.87 Å². The summed E-state index contributed by atoms with van der Waals surface area (Å²) >= 11 is 13.8. The molecule has 1 aromatic carbocycles. The first-order valence-corrected chi connectivity index (χ1v) is 9.20. The van der Waals surface area contributed by atoms with E-state index in [0.717, 1.165) is 30.6 Å². The molecule has 128 valence electrons. The second kappa shape index (κ2) is 6.86. The molecule has 3 rings (SSSR count). The lowest BCUT2D eigenvalue weighted by atomic mass is 10.2. The van der Waals surface area contributed by atoms with Gasteiger partial charge in [-0.25, -0.2) is 4.99 Å². The molecular formula is C16H18Cl2N4OS. The second-order valence-electron chi connectivity index (χ2n) is 5.84. The minimum atomic E-state index is -0.387. The molecule has 0 amide bonds. The van der Waals surface area contributed by atoms with Gasteiger partial charge in [0.05, 0.1) is 17.0 Å². The monoisotopic (exact) mass is 384 g/mol. The molecular weight excluding hydrogens is 367 g/mol. The smallest absolute Gasteiger partial charge is 0.298 e. The van der Waals surface area contributed by atoms with Crippen LogP contribution in [0.1, 0.15) is 31.2 Å². The molecule has 24 heavy (non-hydrogen) atoms. The number of aromatic nitrogens is 2. The number of hydrogen-bond acceptors (Lipinski definition) is 5. The van der Waals surface area contributed by atoms with E-state index >= 15 is 0 Å². The number of alkyl halides is 1. The average molecular weight is 385 g/mol. The fraction of sp³-hybridized carbons (Fsp3) is 0.438. The average Bonchev–Trinajstić information content (AvgIpc) is 3.12. The van der Waals surface area contributed by atoms with Crippen molar-refractivity contribution in [1.29, 1.82) is 0 Å². The lowest BCUT2D eigenvalue weighted by molar-refractivity contribution is 0.476. The lowest BCUT2D eigenvalue weighted by Gasteiger charge is -2.10. The van der Waals surface area contributed by atoms with E-state index < -0.39 is 0 Å². The van der Waals surface area contributed by atoms with Crippen molar-refractivity contribution in [2.45, 2.75) is 31.6 Å². The first-order valence-electron chi connectivity index (χ1n) is 7.67. The number of hydrogen-bond donors (Lipinski definition) is 0. The van der Waals surface area contributed by atoms with Crippen LogP contribution in [0.25, 0.3) is 0 Å². The van der Waals surface area contributed by atoms with Crippen LogP contribution >= 0.6 is 34.7 Å². The van der Waals surface area contributed by atoms with Crippen LogP contribution < -0.4 is 4.74 Å². The SMILES string of the molecule is CCN(C)C=Nc1cc(Cl)c(Oc2nc(C3(Cl)CC3)ns2)cc1C. The zero-order valence-corrected chi connectivity index (χ0v) is 16.0. The Hall–Kier alpha value is -1.37. The summed E-state index contributed by atoms with van der Waals surface area (Å²) in [4.78, 5) is 10.4. The lowest BCUT2D eigenvalue weighted by Crippen LogP contribution is -2.14. The molecule has 1 aliphatic carbocycles. The zero-order chi connectivity index (χ0) is 17.3. The number of aryl methyl sites for hydroxylation is 1. The van der Waals surface area contributed by atoms with Gasteiger partial charge in [-0.15, -0.1) is 11.6 Å². The molecule has 0 saturated heterocycles. The van der Waals surface area contributed by atoms with E-state index in [0.29, 0.717) is 21.8 Å². The van der Waals surface area contributed by atoms with Crippen molar-refractivity contribution in [3.63, 3.8) is 0 Å². The van der Waals surface area contributed by atoms with Gasteiger partial charge in [0.15, 0.2) is 5.82 Å². The summed E-state index contributed by atoms with van der Waals surface area (Å²) in [7, 11) is 1.97. The van der Waals surface area contributed by atoms with Crippen LogP contribution in [-0.2, 0) is 4.87 Å². The molecule has 0 atom stereocenters. The van der Waals surface area contributed by atoms with E-state index in [9.17, 15) is 0 Å². The summed E-state index contributed by atoms with van der Waals surface area (Å²) in [6.45, 7) is 4.91. The van der Waals surface area contributed by atoms with E-state index in [4.69, 9.17) is 27.9 Å². The molecule has 0 radical (unpaired) electrons. The van der Waals surface area contributed by atoms with Crippen molar-refractivity contribution in [1.82, 2.24) is 14.3 Å². The van der Waals surface area contributed by atoms with Gasteiger partial charge < -0.3 is 9.64 Å². The van der Waals surface area contributed by atoms with Crippen LogP contribution in [0.3, 0.4) is 0 Å². The van der Waals surface area contributed by atoms with Crippen molar-refractivity contribution in [3.8, 4) is 10.9 Å². The Kier molecular flexibility index (Phi) is 4.99. The molecule has 1 aliphatic rings. The molecule has 1 fully saturated rings. The summed E-state index contributed by atoms with van der Waals surface area (Å²) < 4.78 is 10.1. The first-order chi connectivity index (χ1) is 11.4.